The topological polar surface area (TPSA) is 51.6 Å². The highest BCUT2D eigenvalue weighted by Crippen LogP contribution is 2.34. The molecule has 2 aromatic heterocycles. The van der Waals surface area contributed by atoms with Crippen molar-refractivity contribution >= 4 is 0 Å². The molecule has 204 valence electrons. The monoisotopic (exact) mass is 552 g/mol. The molecule has 0 unspecified atom stereocenters. The third kappa shape index (κ3) is 5.72. The zero-order valence-corrected chi connectivity index (χ0v) is 23.7. The van der Waals surface area contributed by atoms with Crippen molar-refractivity contribution in [2.45, 2.75) is 6.92 Å². The van der Waals surface area contributed by atoms with Gasteiger partial charge in [-0.05, 0) is 53.9 Å². The van der Waals surface area contributed by atoms with Crippen molar-refractivity contribution in [3.63, 3.8) is 0 Å². The number of benzene rings is 5. The summed E-state index contributed by atoms with van der Waals surface area (Å²) in [5.74, 6) is 1.88. The third-order valence-corrected chi connectivity index (χ3v) is 7.33. The van der Waals surface area contributed by atoms with Crippen LogP contribution < -0.4 is 0 Å². The van der Waals surface area contributed by atoms with Crippen LogP contribution in [0.2, 0.25) is 0 Å². The molecule has 0 bridgehead atoms. The van der Waals surface area contributed by atoms with Gasteiger partial charge in [0.2, 0.25) is 0 Å². The lowest BCUT2D eigenvalue weighted by Crippen LogP contribution is -2.00. The van der Waals surface area contributed by atoms with Gasteiger partial charge in [-0.1, -0.05) is 121 Å². The summed E-state index contributed by atoms with van der Waals surface area (Å²) in [6.07, 6.45) is 0. The van der Waals surface area contributed by atoms with E-state index in [0.717, 1.165) is 55.9 Å². The summed E-state index contributed by atoms with van der Waals surface area (Å²) >= 11 is 0. The van der Waals surface area contributed by atoms with E-state index in [-0.39, 0.29) is 0 Å². The number of rotatable bonds is 6. The van der Waals surface area contributed by atoms with Gasteiger partial charge in [-0.25, -0.2) is 19.9 Å². The first-order valence-corrected chi connectivity index (χ1v) is 14.3. The standard InChI is InChI=1S/C39H28N4/c1-27-22-35(29-16-8-3-9-17-29)40-36(23-27)33-24-32(28-14-6-2-7-15-28)25-34(26-33)39-42-37(30-18-10-4-11-19-30)41-38(43-39)31-20-12-5-13-21-31/h2-26H,1H3. The number of nitrogens with zero attached hydrogens (tertiary/aromatic N) is 4. The largest absolute Gasteiger partial charge is 0.248 e. The smallest absolute Gasteiger partial charge is 0.164 e. The zero-order chi connectivity index (χ0) is 29.0. The van der Waals surface area contributed by atoms with Gasteiger partial charge in [0.25, 0.3) is 0 Å². The lowest BCUT2D eigenvalue weighted by atomic mass is 9.97. The molecule has 7 rings (SSSR count). The fraction of sp³-hybridized carbons (Fsp3) is 0.0256. The number of pyridine rings is 1. The van der Waals surface area contributed by atoms with E-state index < -0.39 is 0 Å². The molecule has 4 nitrogen and oxygen atoms in total. The summed E-state index contributed by atoms with van der Waals surface area (Å²) in [5, 5.41) is 0. The Morgan fingerprint density at radius 1 is 0.302 bits per heavy atom. The maximum atomic E-state index is 5.12. The lowest BCUT2D eigenvalue weighted by molar-refractivity contribution is 1.07. The Hall–Kier alpha value is -5.74. The quantitative estimate of drug-likeness (QED) is 0.206. The van der Waals surface area contributed by atoms with Crippen molar-refractivity contribution in [2.75, 3.05) is 0 Å². The Morgan fingerprint density at radius 2 is 0.674 bits per heavy atom. The molecule has 0 saturated heterocycles. The molecule has 43 heavy (non-hydrogen) atoms. The second-order valence-corrected chi connectivity index (χ2v) is 10.5. The Morgan fingerprint density at radius 3 is 1.19 bits per heavy atom. The molecule has 4 heteroatoms. The van der Waals surface area contributed by atoms with Crippen molar-refractivity contribution in [3.05, 3.63) is 157 Å². The maximum Gasteiger partial charge on any atom is 0.164 e. The van der Waals surface area contributed by atoms with Crippen LogP contribution in [0.25, 0.3) is 67.8 Å². The van der Waals surface area contributed by atoms with E-state index in [2.05, 4.69) is 73.7 Å². The van der Waals surface area contributed by atoms with Gasteiger partial charge in [-0.3, -0.25) is 0 Å². The van der Waals surface area contributed by atoms with E-state index in [4.69, 9.17) is 19.9 Å². The minimum Gasteiger partial charge on any atom is -0.248 e. The van der Waals surface area contributed by atoms with Gasteiger partial charge < -0.3 is 0 Å². The molecule has 0 aliphatic rings. The molecule has 0 amide bonds. The summed E-state index contributed by atoms with van der Waals surface area (Å²) in [5.41, 5.74) is 10.0. The Balaban J connectivity index is 1.45. The molecular formula is C39H28N4. The molecule has 7 aromatic rings. The molecule has 5 aromatic carbocycles. The number of aromatic nitrogens is 4. The fourth-order valence-corrected chi connectivity index (χ4v) is 5.21. The zero-order valence-electron chi connectivity index (χ0n) is 23.7. The number of aryl methyl sites for hydroxylation is 1. The molecule has 0 spiro atoms. The summed E-state index contributed by atoms with van der Waals surface area (Å²) in [6, 6.07) is 51.6. The van der Waals surface area contributed by atoms with Gasteiger partial charge in [0.15, 0.2) is 17.5 Å². The van der Waals surface area contributed by atoms with Crippen LogP contribution in [-0.2, 0) is 0 Å². The van der Waals surface area contributed by atoms with Crippen LogP contribution in [0, 0.1) is 6.92 Å². The van der Waals surface area contributed by atoms with Crippen LogP contribution >= 0.6 is 0 Å². The highest BCUT2D eigenvalue weighted by atomic mass is 15.0. The fourth-order valence-electron chi connectivity index (χ4n) is 5.21. The molecule has 0 aliphatic heterocycles. The van der Waals surface area contributed by atoms with Gasteiger partial charge >= 0.3 is 0 Å². The summed E-state index contributed by atoms with van der Waals surface area (Å²) in [6.45, 7) is 2.11. The summed E-state index contributed by atoms with van der Waals surface area (Å²) in [4.78, 5) is 20.0. The average Bonchev–Trinajstić information content (AvgIpc) is 3.09. The van der Waals surface area contributed by atoms with Crippen molar-refractivity contribution in [2.24, 2.45) is 0 Å². The van der Waals surface area contributed by atoms with Crippen LogP contribution in [0.5, 0.6) is 0 Å². The van der Waals surface area contributed by atoms with E-state index in [9.17, 15) is 0 Å². The number of hydrogen-bond donors (Lipinski definition) is 0. The Kier molecular flexibility index (Phi) is 7.08. The molecule has 0 radical (unpaired) electrons. The molecule has 0 fully saturated rings. The van der Waals surface area contributed by atoms with Crippen LogP contribution in [0.4, 0.5) is 0 Å². The predicted molar refractivity (Wildman–Crippen MR) is 175 cm³/mol. The van der Waals surface area contributed by atoms with E-state index in [1.54, 1.807) is 0 Å². The van der Waals surface area contributed by atoms with Gasteiger partial charge in [0.1, 0.15) is 0 Å². The van der Waals surface area contributed by atoms with Crippen molar-refractivity contribution in [3.8, 4) is 67.8 Å². The molecule has 0 N–H and O–H groups in total. The predicted octanol–water partition coefficient (Wildman–Crippen LogP) is 9.58. The van der Waals surface area contributed by atoms with Crippen LogP contribution in [-0.4, -0.2) is 19.9 Å². The minimum atomic E-state index is 0.614. The average molecular weight is 553 g/mol. The second-order valence-electron chi connectivity index (χ2n) is 10.5. The normalized spacial score (nSPS) is 10.9. The molecule has 2 heterocycles. The minimum absolute atomic E-state index is 0.614. The van der Waals surface area contributed by atoms with Crippen molar-refractivity contribution in [1.29, 1.82) is 0 Å². The third-order valence-electron chi connectivity index (χ3n) is 7.33. The van der Waals surface area contributed by atoms with E-state index in [1.807, 2.05) is 84.9 Å². The van der Waals surface area contributed by atoms with Gasteiger partial charge in [-0.15, -0.1) is 0 Å². The molecular weight excluding hydrogens is 524 g/mol. The van der Waals surface area contributed by atoms with Crippen molar-refractivity contribution in [1.82, 2.24) is 19.9 Å². The van der Waals surface area contributed by atoms with Crippen LogP contribution in [0.15, 0.2) is 152 Å². The van der Waals surface area contributed by atoms with Crippen LogP contribution in [0.3, 0.4) is 0 Å². The first kappa shape index (κ1) is 26.2. The van der Waals surface area contributed by atoms with Crippen molar-refractivity contribution < 1.29 is 0 Å². The second kappa shape index (κ2) is 11.6. The summed E-state index contributed by atoms with van der Waals surface area (Å²) in [7, 11) is 0. The van der Waals surface area contributed by atoms with Crippen LogP contribution in [0.1, 0.15) is 5.56 Å². The van der Waals surface area contributed by atoms with E-state index in [1.165, 1.54) is 0 Å². The SMILES string of the molecule is Cc1cc(-c2ccccc2)nc(-c2cc(-c3ccccc3)cc(-c3nc(-c4ccccc4)nc(-c4ccccc4)n3)c2)c1. The van der Waals surface area contributed by atoms with Gasteiger partial charge in [0, 0.05) is 27.8 Å². The Bertz CT molecular complexity index is 1950. The first-order valence-electron chi connectivity index (χ1n) is 14.3. The van der Waals surface area contributed by atoms with E-state index >= 15 is 0 Å². The Labute approximate surface area is 251 Å². The highest BCUT2D eigenvalue weighted by Gasteiger charge is 2.15. The van der Waals surface area contributed by atoms with Gasteiger partial charge in [-0.2, -0.15) is 0 Å². The molecule has 0 saturated carbocycles. The molecule has 0 atom stereocenters. The first-order chi connectivity index (χ1) is 21.2. The number of hydrogen-bond acceptors (Lipinski definition) is 4. The van der Waals surface area contributed by atoms with Gasteiger partial charge in [0.05, 0.1) is 11.4 Å². The maximum absolute atomic E-state index is 5.12. The molecule has 0 aliphatic carbocycles. The highest BCUT2D eigenvalue weighted by molar-refractivity contribution is 5.80. The van der Waals surface area contributed by atoms with E-state index in [0.29, 0.717) is 17.5 Å². The lowest BCUT2D eigenvalue weighted by Gasteiger charge is -2.13. The summed E-state index contributed by atoms with van der Waals surface area (Å²) < 4.78 is 0.